The van der Waals surface area contributed by atoms with Crippen molar-refractivity contribution in [1.29, 1.82) is 0 Å². The number of hydrogen-bond donors (Lipinski definition) is 2. The molecule has 2 N–H and O–H groups in total. The van der Waals surface area contributed by atoms with E-state index in [2.05, 4.69) is 54.0 Å². The van der Waals surface area contributed by atoms with E-state index in [-0.39, 0.29) is 11.5 Å². The maximum absolute atomic E-state index is 11.6. The minimum atomic E-state index is -3.18. The second-order valence-corrected chi connectivity index (χ2v) is 13.2. The van der Waals surface area contributed by atoms with Crippen molar-refractivity contribution in [3.8, 4) is 22.8 Å². The first kappa shape index (κ1) is 29.1. The molecule has 8 heteroatoms. The van der Waals surface area contributed by atoms with Crippen LogP contribution in [-0.2, 0) is 28.6 Å². The van der Waals surface area contributed by atoms with Gasteiger partial charge in [-0.2, -0.15) is 0 Å². The smallest absolute Gasteiger partial charge is 0.221 e. The number of aromatic nitrogens is 1. The molecule has 0 amide bonds. The molecule has 0 aliphatic heterocycles. The van der Waals surface area contributed by atoms with Crippen molar-refractivity contribution in [2.75, 3.05) is 13.4 Å². The van der Waals surface area contributed by atoms with Gasteiger partial charge in [-0.15, -0.1) is 0 Å². The number of pyridine rings is 1. The summed E-state index contributed by atoms with van der Waals surface area (Å²) in [5.41, 5.74) is 5.13. The van der Waals surface area contributed by atoms with Crippen molar-refractivity contribution in [3.63, 3.8) is 0 Å². The van der Waals surface area contributed by atoms with E-state index in [4.69, 9.17) is 9.47 Å². The Bertz CT molecular complexity index is 1350. The van der Waals surface area contributed by atoms with Crippen LogP contribution in [0.4, 0.5) is 0 Å². The van der Waals surface area contributed by atoms with Gasteiger partial charge in [0, 0.05) is 41.5 Å². The Morgan fingerprint density at radius 2 is 1.67 bits per heavy atom. The lowest BCUT2D eigenvalue weighted by Crippen LogP contribution is -2.41. The molecule has 39 heavy (non-hydrogen) atoms. The number of ether oxygens (including phenoxy) is 2. The Morgan fingerprint density at radius 3 is 2.31 bits per heavy atom. The topological polar surface area (TPSA) is 89.6 Å². The van der Waals surface area contributed by atoms with Gasteiger partial charge in [0.15, 0.2) is 0 Å². The van der Waals surface area contributed by atoms with Crippen LogP contribution in [0.15, 0.2) is 60.8 Å². The molecular formula is C31H41N3O4S. The number of nitrogens with one attached hydrogen (secondary N) is 2. The van der Waals surface area contributed by atoms with Crippen molar-refractivity contribution >= 4 is 10.0 Å². The molecule has 1 aliphatic carbocycles. The Morgan fingerprint density at radius 1 is 0.974 bits per heavy atom. The third kappa shape index (κ3) is 8.03. The standard InChI is InChI=1S/C31H41N3O4S/c1-31(2,3)28-19-23(27-12-9-17-32-30(27)38-21-22-10-7-6-8-11-22)18-24(29(28)37-4)20-33-25-13-15-26(16-14-25)34-39(5,35)36/h6-12,17-19,25-26,33-34H,13-16,20-21H2,1-5H3. The van der Waals surface area contributed by atoms with Gasteiger partial charge in [-0.1, -0.05) is 51.1 Å². The van der Waals surface area contributed by atoms with Gasteiger partial charge in [0.05, 0.1) is 13.4 Å². The molecule has 0 atom stereocenters. The minimum Gasteiger partial charge on any atom is -0.496 e. The second kappa shape index (κ2) is 12.5. The molecule has 3 aromatic rings. The highest BCUT2D eigenvalue weighted by molar-refractivity contribution is 7.88. The average Bonchev–Trinajstić information content (AvgIpc) is 2.90. The van der Waals surface area contributed by atoms with Crippen LogP contribution in [0.2, 0.25) is 0 Å². The first-order valence-electron chi connectivity index (χ1n) is 13.6. The van der Waals surface area contributed by atoms with E-state index < -0.39 is 10.0 Å². The molecular weight excluding hydrogens is 510 g/mol. The summed E-state index contributed by atoms with van der Waals surface area (Å²) in [5, 5.41) is 3.71. The molecule has 1 heterocycles. The number of rotatable bonds is 10. The number of nitrogens with zero attached hydrogens (tertiary/aromatic N) is 1. The summed E-state index contributed by atoms with van der Waals surface area (Å²) in [6.07, 6.45) is 6.47. The molecule has 1 aromatic heterocycles. The second-order valence-electron chi connectivity index (χ2n) is 11.4. The van der Waals surface area contributed by atoms with Gasteiger partial charge in [0.2, 0.25) is 15.9 Å². The molecule has 1 saturated carbocycles. The third-order valence-corrected chi connectivity index (χ3v) is 7.93. The average molecular weight is 552 g/mol. The largest absolute Gasteiger partial charge is 0.496 e. The number of methoxy groups -OCH3 is 1. The summed E-state index contributed by atoms with van der Waals surface area (Å²) in [5.74, 6) is 1.49. The van der Waals surface area contributed by atoms with Crippen LogP contribution in [0.5, 0.6) is 11.6 Å². The normalized spacial score (nSPS) is 18.1. The minimum absolute atomic E-state index is 0.0169. The van der Waals surface area contributed by atoms with Crippen molar-refractivity contribution in [3.05, 3.63) is 77.5 Å². The predicted molar refractivity (Wildman–Crippen MR) is 157 cm³/mol. The van der Waals surface area contributed by atoms with E-state index in [0.29, 0.717) is 25.1 Å². The number of hydrogen-bond acceptors (Lipinski definition) is 6. The van der Waals surface area contributed by atoms with Crippen molar-refractivity contribution in [2.45, 2.75) is 77.1 Å². The fourth-order valence-electron chi connectivity index (χ4n) is 5.20. The molecule has 4 rings (SSSR count). The van der Waals surface area contributed by atoms with Crippen molar-refractivity contribution < 1.29 is 17.9 Å². The third-order valence-electron chi connectivity index (χ3n) is 7.17. The monoisotopic (exact) mass is 551 g/mol. The van der Waals surface area contributed by atoms with E-state index >= 15 is 0 Å². The zero-order valence-electron chi connectivity index (χ0n) is 23.7. The molecule has 210 valence electrons. The fourth-order valence-corrected chi connectivity index (χ4v) is 6.04. The zero-order chi connectivity index (χ0) is 28.0. The van der Waals surface area contributed by atoms with Crippen LogP contribution >= 0.6 is 0 Å². The van der Waals surface area contributed by atoms with Crippen LogP contribution in [0.25, 0.3) is 11.1 Å². The molecule has 0 bridgehead atoms. The quantitative estimate of drug-likeness (QED) is 0.342. The van der Waals surface area contributed by atoms with Gasteiger partial charge in [-0.25, -0.2) is 18.1 Å². The highest BCUT2D eigenvalue weighted by atomic mass is 32.2. The maximum atomic E-state index is 11.6. The van der Waals surface area contributed by atoms with Gasteiger partial charge in [-0.3, -0.25) is 0 Å². The van der Waals surface area contributed by atoms with Crippen molar-refractivity contribution in [2.24, 2.45) is 0 Å². The predicted octanol–water partition coefficient (Wildman–Crippen LogP) is 5.58. The molecule has 1 fully saturated rings. The van der Waals surface area contributed by atoms with E-state index in [9.17, 15) is 8.42 Å². The van der Waals surface area contributed by atoms with Crippen LogP contribution < -0.4 is 19.5 Å². The van der Waals surface area contributed by atoms with Crippen molar-refractivity contribution in [1.82, 2.24) is 15.0 Å². The molecule has 2 aromatic carbocycles. The zero-order valence-corrected chi connectivity index (χ0v) is 24.5. The Hall–Kier alpha value is -2.94. The van der Waals surface area contributed by atoms with Crippen LogP contribution in [0.3, 0.4) is 0 Å². The molecule has 7 nitrogen and oxygen atoms in total. The first-order chi connectivity index (χ1) is 18.5. The Labute approximate surface area is 233 Å². The number of benzene rings is 2. The fraction of sp³-hybridized carbons (Fsp3) is 0.452. The number of sulfonamides is 1. The molecule has 0 saturated heterocycles. The molecule has 0 radical (unpaired) electrons. The van der Waals surface area contributed by atoms with Crippen LogP contribution in [0.1, 0.15) is 63.1 Å². The lowest BCUT2D eigenvalue weighted by Gasteiger charge is -2.30. The van der Waals surface area contributed by atoms with Gasteiger partial charge >= 0.3 is 0 Å². The van der Waals surface area contributed by atoms with E-state index in [0.717, 1.165) is 59.3 Å². The summed E-state index contributed by atoms with van der Waals surface area (Å²) in [4.78, 5) is 4.57. The lowest BCUT2D eigenvalue weighted by atomic mass is 9.83. The first-order valence-corrected chi connectivity index (χ1v) is 15.5. The summed E-state index contributed by atoms with van der Waals surface area (Å²) in [6.45, 7) is 7.67. The lowest BCUT2D eigenvalue weighted by molar-refractivity contribution is 0.295. The summed E-state index contributed by atoms with van der Waals surface area (Å²) in [7, 11) is -1.45. The van der Waals surface area contributed by atoms with Crippen LogP contribution in [-0.4, -0.2) is 38.9 Å². The van der Waals surface area contributed by atoms with Crippen LogP contribution in [0, 0.1) is 0 Å². The summed E-state index contributed by atoms with van der Waals surface area (Å²) >= 11 is 0. The summed E-state index contributed by atoms with van der Waals surface area (Å²) in [6, 6.07) is 18.8. The van der Waals surface area contributed by atoms with E-state index in [1.807, 2.05) is 36.4 Å². The highest BCUT2D eigenvalue weighted by Gasteiger charge is 2.26. The molecule has 0 unspecified atom stereocenters. The van der Waals surface area contributed by atoms with Gasteiger partial charge < -0.3 is 14.8 Å². The van der Waals surface area contributed by atoms with Gasteiger partial charge in [0.1, 0.15) is 12.4 Å². The molecule has 1 aliphatic rings. The molecule has 0 spiro atoms. The Kier molecular flexibility index (Phi) is 9.31. The Balaban J connectivity index is 1.58. The maximum Gasteiger partial charge on any atom is 0.221 e. The van der Waals surface area contributed by atoms with Gasteiger partial charge in [0.25, 0.3) is 0 Å². The van der Waals surface area contributed by atoms with E-state index in [1.165, 1.54) is 6.26 Å². The summed E-state index contributed by atoms with van der Waals surface area (Å²) < 4.78 is 38.1. The SMILES string of the molecule is COc1c(CNC2CCC(NS(C)(=O)=O)CC2)cc(-c2cccnc2OCc2ccccc2)cc1C(C)(C)C. The van der Waals surface area contributed by atoms with E-state index in [1.54, 1.807) is 13.3 Å². The van der Waals surface area contributed by atoms with Gasteiger partial charge in [-0.05, 0) is 66.5 Å². The highest BCUT2D eigenvalue weighted by Crippen LogP contribution is 2.40.